The maximum absolute atomic E-state index is 13.5. The molecule has 17 atom stereocenters. The molecule has 3 heterocycles. The number of unbranched alkanes of at least 4 members (excludes halogenated alkanes) is 46. The van der Waals surface area contributed by atoms with Gasteiger partial charge in [0.2, 0.25) is 5.91 Å². The van der Waals surface area contributed by atoms with Crippen molar-refractivity contribution in [2.45, 2.75) is 446 Å². The standard InChI is InChI=1S/C81H151NO18/c1-3-5-7-9-11-13-15-17-19-21-23-25-27-28-29-30-31-32-33-34-35-36-37-39-41-43-45-47-49-51-53-55-57-59-69(87)82-64(65(86)58-56-54-52-50-48-46-44-42-40-38-26-24-22-20-18-16-14-12-10-8-6-4-2)63-95-79-75(93)72(90)77(67(61-84)97-79)100-81-76(94)73(91)78(68(62-85)98-81)99-80-74(92)71(89)70(88)66(60-83)96-80/h21,23,48,50,56,58,64-68,70-81,83-86,88-94H,3-20,22,24-47,49,51-55,57,59-63H2,1-2H3,(H,82,87)/b23-21-,50-48+,58-56+. The molecule has 1 amide bonds. The summed E-state index contributed by atoms with van der Waals surface area (Å²) in [5.74, 6) is -0.278. The lowest BCUT2D eigenvalue weighted by atomic mass is 9.96. The van der Waals surface area contributed by atoms with Crippen molar-refractivity contribution in [1.82, 2.24) is 5.32 Å². The van der Waals surface area contributed by atoms with Crippen molar-refractivity contribution < 1.29 is 89.4 Å². The van der Waals surface area contributed by atoms with E-state index in [4.69, 9.17) is 28.4 Å². The maximum atomic E-state index is 13.5. The summed E-state index contributed by atoms with van der Waals surface area (Å²) in [4.78, 5) is 13.5. The first-order valence-electron chi connectivity index (χ1n) is 41.2. The van der Waals surface area contributed by atoms with E-state index in [1.165, 1.54) is 270 Å². The fourth-order valence-electron chi connectivity index (χ4n) is 14.0. The molecule has 0 bridgehead atoms. The summed E-state index contributed by atoms with van der Waals surface area (Å²) in [6, 6.07) is -0.990. The predicted molar refractivity (Wildman–Crippen MR) is 397 cm³/mol. The molecule has 3 saturated heterocycles. The molecular weight excluding hydrogens is 1270 g/mol. The molecule has 3 fully saturated rings. The van der Waals surface area contributed by atoms with Crippen LogP contribution in [-0.2, 0) is 33.2 Å². The van der Waals surface area contributed by atoms with E-state index in [-0.39, 0.29) is 18.9 Å². The molecule has 3 aliphatic heterocycles. The molecule has 17 unspecified atom stereocenters. The Hall–Kier alpha value is -1.99. The van der Waals surface area contributed by atoms with Crippen molar-refractivity contribution in [2.75, 3.05) is 26.4 Å². The van der Waals surface area contributed by atoms with Crippen molar-refractivity contribution in [3.8, 4) is 0 Å². The van der Waals surface area contributed by atoms with Crippen LogP contribution in [-0.4, -0.2) is 193 Å². The molecule has 3 aliphatic rings. The topological polar surface area (TPSA) is 307 Å². The molecule has 0 saturated carbocycles. The number of carbonyl (C=O) groups excluding carboxylic acids is 1. The Labute approximate surface area is 606 Å². The number of ether oxygens (including phenoxy) is 6. The van der Waals surface area contributed by atoms with Crippen LogP contribution in [0.25, 0.3) is 0 Å². The van der Waals surface area contributed by atoms with E-state index >= 15 is 0 Å². The molecule has 0 aliphatic carbocycles. The summed E-state index contributed by atoms with van der Waals surface area (Å²) in [6.45, 7) is 1.77. The van der Waals surface area contributed by atoms with Crippen LogP contribution in [0.3, 0.4) is 0 Å². The van der Waals surface area contributed by atoms with Crippen molar-refractivity contribution >= 4 is 5.91 Å². The third-order valence-corrected chi connectivity index (χ3v) is 20.7. The lowest BCUT2D eigenvalue weighted by Gasteiger charge is -2.48. The van der Waals surface area contributed by atoms with Crippen LogP contribution in [0.4, 0.5) is 0 Å². The summed E-state index contributed by atoms with van der Waals surface area (Å²) >= 11 is 0. The average Bonchev–Trinajstić information content (AvgIpc) is 0.783. The second-order valence-corrected chi connectivity index (χ2v) is 29.6. The first kappa shape index (κ1) is 92.2. The van der Waals surface area contributed by atoms with Gasteiger partial charge in [-0.2, -0.15) is 0 Å². The number of allylic oxidation sites excluding steroid dienone is 5. The molecule has 19 heteroatoms. The fourth-order valence-corrected chi connectivity index (χ4v) is 14.0. The van der Waals surface area contributed by atoms with Gasteiger partial charge >= 0.3 is 0 Å². The summed E-state index contributed by atoms with van der Waals surface area (Å²) in [5, 5.41) is 121. The average molecular weight is 1430 g/mol. The van der Waals surface area contributed by atoms with Crippen LogP contribution in [0, 0.1) is 0 Å². The van der Waals surface area contributed by atoms with Gasteiger partial charge in [0.1, 0.15) is 73.2 Å². The van der Waals surface area contributed by atoms with Gasteiger partial charge in [0, 0.05) is 6.42 Å². The minimum absolute atomic E-state index is 0.240. The number of aliphatic hydroxyl groups is 11. The van der Waals surface area contributed by atoms with Gasteiger partial charge in [-0.15, -0.1) is 0 Å². The van der Waals surface area contributed by atoms with Gasteiger partial charge in [-0.3, -0.25) is 4.79 Å². The van der Waals surface area contributed by atoms with Crippen molar-refractivity contribution in [1.29, 1.82) is 0 Å². The number of carbonyl (C=O) groups is 1. The third-order valence-electron chi connectivity index (χ3n) is 20.7. The van der Waals surface area contributed by atoms with E-state index in [0.29, 0.717) is 12.8 Å². The Kier molecular flexibility index (Phi) is 57.3. The van der Waals surface area contributed by atoms with E-state index in [0.717, 1.165) is 38.5 Å². The molecule has 12 N–H and O–H groups in total. The van der Waals surface area contributed by atoms with Crippen molar-refractivity contribution in [2.24, 2.45) is 0 Å². The van der Waals surface area contributed by atoms with Gasteiger partial charge in [-0.05, 0) is 57.8 Å². The van der Waals surface area contributed by atoms with Crippen molar-refractivity contribution in [3.63, 3.8) is 0 Å². The highest BCUT2D eigenvalue weighted by molar-refractivity contribution is 5.76. The zero-order chi connectivity index (χ0) is 72.5. The second-order valence-electron chi connectivity index (χ2n) is 29.6. The molecule has 19 nitrogen and oxygen atoms in total. The summed E-state index contributed by atoms with van der Waals surface area (Å²) < 4.78 is 34.4. The minimum atomic E-state index is -1.98. The van der Waals surface area contributed by atoms with Gasteiger partial charge in [0.25, 0.3) is 0 Å². The number of nitrogens with one attached hydrogen (secondary N) is 1. The van der Waals surface area contributed by atoms with E-state index in [1.54, 1.807) is 6.08 Å². The molecule has 0 aromatic rings. The summed E-state index contributed by atoms with van der Waals surface area (Å²) in [7, 11) is 0. The smallest absolute Gasteiger partial charge is 0.220 e. The quantitative estimate of drug-likeness (QED) is 0.0199. The third kappa shape index (κ3) is 41.8. The van der Waals surface area contributed by atoms with E-state index in [9.17, 15) is 61.0 Å². The number of hydrogen-bond donors (Lipinski definition) is 12. The van der Waals surface area contributed by atoms with Crippen LogP contribution in [0.1, 0.15) is 341 Å². The highest BCUT2D eigenvalue weighted by Gasteiger charge is 2.54. The molecule has 0 spiro atoms. The summed E-state index contributed by atoms with van der Waals surface area (Å²) in [6.07, 6.45) is 50.0. The van der Waals surface area contributed by atoms with Gasteiger partial charge in [-0.1, -0.05) is 314 Å². The van der Waals surface area contributed by atoms with Crippen LogP contribution in [0.5, 0.6) is 0 Å². The van der Waals surface area contributed by atoms with Crippen LogP contribution in [0.15, 0.2) is 36.5 Å². The van der Waals surface area contributed by atoms with Crippen LogP contribution < -0.4 is 5.32 Å². The van der Waals surface area contributed by atoms with Crippen LogP contribution >= 0.6 is 0 Å². The number of rotatable bonds is 66. The Morgan fingerprint density at radius 3 is 1.00 bits per heavy atom. The van der Waals surface area contributed by atoms with Gasteiger partial charge in [0.15, 0.2) is 18.9 Å². The van der Waals surface area contributed by atoms with E-state index in [1.807, 2.05) is 6.08 Å². The Morgan fingerprint density at radius 2 is 0.640 bits per heavy atom. The Morgan fingerprint density at radius 1 is 0.350 bits per heavy atom. The fraction of sp³-hybridized carbons (Fsp3) is 0.914. The summed E-state index contributed by atoms with van der Waals surface area (Å²) in [5.41, 5.74) is 0. The van der Waals surface area contributed by atoms with Gasteiger partial charge in [0.05, 0.1) is 38.6 Å². The highest BCUT2D eigenvalue weighted by Crippen LogP contribution is 2.33. The zero-order valence-electron chi connectivity index (χ0n) is 62.9. The van der Waals surface area contributed by atoms with Gasteiger partial charge in [-0.25, -0.2) is 0 Å². The van der Waals surface area contributed by atoms with Gasteiger partial charge < -0.3 is 89.9 Å². The molecule has 0 aromatic carbocycles. The largest absolute Gasteiger partial charge is 0.394 e. The molecule has 100 heavy (non-hydrogen) atoms. The van der Waals surface area contributed by atoms with Crippen molar-refractivity contribution in [3.05, 3.63) is 36.5 Å². The molecule has 0 aromatic heterocycles. The van der Waals surface area contributed by atoms with E-state index < -0.39 is 124 Å². The number of amides is 1. The number of aliphatic hydroxyl groups excluding tert-OH is 11. The normalized spacial score (nSPS) is 26.6. The Bertz CT molecular complexity index is 1950. The lowest BCUT2D eigenvalue weighted by molar-refractivity contribution is -0.379. The zero-order valence-corrected chi connectivity index (χ0v) is 62.9. The molecule has 588 valence electrons. The Balaban J connectivity index is 1.36. The van der Waals surface area contributed by atoms with Crippen LogP contribution in [0.2, 0.25) is 0 Å². The highest BCUT2D eigenvalue weighted by atomic mass is 16.8. The molecular formula is C81H151NO18. The lowest BCUT2D eigenvalue weighted by Crippen LogP contribution is -2.66. The SMILES string of the molecule is CCCCCCCCCC/C=C\CCCCCCCCCCCCCCCCCCCCCCCC(=O)NC(COC1OC(CO)C(OC2OC(CO)C(OC3OC(CO)C(O)C(O)C3O)C(O)C2O)C(O)C1O)C(O)/C=C/CC/C=C/CCCCCCCCCCCCCCCCCC. The molecule has 0 radical (unpaired) electrons. The predicted octanol–water partition coefficient (Wildman–Crippen LogP) is 13.9. The van der Waals surface area contributed by atoms with E-state index in [2.05, 4.69) is 43.5 Å². The number of hydrogen-bond acceptors (Lipinski definition) is 18. The monoisotopic (exact) mass is 1430 g/mol. The first-order chi connectivity index (χ1) is 48.8. The second kappa shape index (κ2) is 62.1. The first-order valence-corrected chi connectivity index (χ1v) is 41.2. The minimum Gasteiger partial charge on any atom is -0.394 e. The maximum Gasteiger partial charge on any atom is 0.220 e. The molecule has 3 rings (SSSR count).